The molecule has 1 N–H and O–H groups in total. The molecule has 24 heavy (non-hydrogen) atoms. The fourth-order valence-corrected chi connectivity index (χ4v) is 2.77. The van der Waals surface area contributed by atoms with Crippen LogP contribution in [0.2, 0.25) is 0 Å². The third-order valence-corrected chi connectivity index (χ3v) is 4.41. The number of nitrogens with one attached hydrogen (secondary N) is 1. The molecular weight excluding hydrogens is 368 g/mol. The maximum absolute atomic E-state index is 12.6. The van der Waals surface area contributed by atoms with Crippen molar-refractivity contribution in [2.45, 2.75) is 18.9 Å². The Morgan fingerprint density at radius 3 is 2.62 bits per heavy atom. The molecule has 0 atom stereocenters. The molecule has 1 aliphatic carbocycles. The Bertz CT molecular complexity index is 905. The van der Waals surface area contributed by atoms with Crippen molar-refractivity contribution in [3.05, 3.63) is 64.6 Å². The summed E-state index contributed by atoms with van der Waals surface area (Å²) >= 11 is 3.40. The van der Waals surface area contributed by atoms with Gasteiger partial charge in [0, 0.05) is 22.0 Å². The van der Waals surface area contributed by atoms with E-state index in [1.165, 1.54) is 0 Å². The summed E-state index contributed by atoms with van der Waals surface area (Å²) in [6.07, 6.45) is 2.11. The highest BCUT2D eigenvalue weighted by Crippen LogP contribution is 2.27. The van der Waals surface area contributed by atoms with E-state index in [1.807, 2.05) is 48.5 Å². The summed E-state index contributed by atoms with van der Waals surface area (Å²) in [6, 6.07) is 17.1. The van der Waals surface area contributed by atoms with Gasteiger partial charge in [-0.25, -0.2) is 4.98 Å². The fourth-order valence-electron chi connectivity index (χ4n) is 2.51. The second-order valence-electron chi connectivity index (χ2n) is 5.83. The molecule has 1 heterocycles. The molecule has 0 aliphatic heterocycles. The van der Waals surface area contributed by atoms with Gasteiger partial charge < -0.3 is 10.1 Å². The number of benzene rings is 2. The number of carbonyl (C=O) groups is 1. The van der Waals surface area contributed by atoms with E-state index in [2.05, 4.69) is 26.2 Å². The minimum absolute atomic E-state index is 0.0724. The number of aromatic nitrogens is 1. The lowest BCUT2D eigenvalue weighted by Gasteiger charge is -2.11. The molecule has 5 heteroatoms. The van der Waals surface area contributed by atoms with Gasteiger partial charge in [-0.2, -0.15) is 0 Å². The van der Waals surface area contributed by atoms with Crippen molar-refractivity contribution >= 4 is 32.7 Å². The van der Waals surface area contributed by atoms with Gasteiger partial charge in [0.2, 0.25) is 5.88 Å². The number of nitrogens with zero attached hydrogens (tertiary/aromatic N) is 1. The van der Waals surface area contributed by atoms with Crippen LogP contribution in [0.4, 0.5) is 0 Å². The lowest BCUT2D eigenvalue weighted by Crippen LogP contribution is -2.25. The zero-order chi connectivity index (χ0) is 16.5. The van der Waals surface area contributed by atoms with Crippen LogP contribution in [0.5, 0.6) is 11.6 Å². The number of fused-ring (bicyclic) bond motifs is 1. The first kappa shape index (κ1) is 15.1. The Balaban J connectivity index is 1.72. The molecule has 0 spiro atoms. The first-order valence-corrected chi connectivity index (χ1v) is 8.62. The Morgan fingerprint density at radius 1 is 1.12 bits per heavy atom. The van der Waals surface area contributed by atoms with Gasteiger partial charge in [-0.05, 0) is 43.2 Å². The SMILES string of the molecule is O=C(NC1CC1)c1cc(Oc2ccc(Br)cc2)nc2ccccc12. The van der Waals surface area contributed by atoms with Gasteiger partial charge in [-0.1, -0.05) is 34.1 Å². The Hall–Kier alpha value is -2.40. The molecule has 1 aromatic heterocycles. The van der Waals surface area contributed by atoms with Gasteiger partial charge in [-0.3, -0.25) is 4.79 Å². The van der Waals surface area contributed by atoms with E-state index in [9.17, 15) is 4.79 Å². The summed E-state index contributed by atoms with van der Waals surface area (Å²) in [5.41, 5.74) is 1.34. The third kappa shape index (κ3) is 3.26. The van der Waals surface area contributed by atoms with E-state index in [1.54, 1.807) is 6.07 Å². The Kier molecular flexibility index (Phi) is 3.94. The van der Waals surface area contributed by atoms with Crippen LogP contribution < -0.4 is 10.1 Å². The topological polar surface area (TPSA) is 51.2 Å². The van der Waals surface area contributed by atoms with Gasteiger partial charge >= 0.3 is 0 Å². The number of ether oxygens (including phenoxy) is 1. The molecule has 1 fully saturated rings. The van der Waals surface area contributed by atoms with Crippen molar-refractivity contribution in [3.63, 3.8) is 0 Å². The molecule has 1 saturated carbocycles. The summed E-state index contributed by atoms with van der Waals surface area (Å²) in [7, 11) is 0. The minimum atomic E-state index is -0.0724. The van der Waals surface area contributed by atoms with Crippen molar-refractivity contribution in [3.8, 4) is 11.6 Å². The van der Waals surface area contributed by atoms with E-state index in [0.29, 0.717) is 23.2 Å². The number of para-hydroxylation sites is 1. The molecule has 1 aliphatic rings. The normalized spacial score (nSPS) is 13.7. The average Bonchev–Trinajstić information content (AvgIpc) is 3.40. The average molecular weight is 383 g/mol. The smallest absolute Gasteiger partial charge is 0.252 e. The van der Waals surface area contributed by atoms with Gasteiger partial charge in [0.25, 0.3) is 5.91 Å². The van der Waals surface area contributed by atoms with E-state index < -0.39 is 0 Å². The Morgan fingerprint density at radius 2 is 1.88 bits per heavy atom. The molecule has 0 bridgehead atoms. The van der Waals surface area contributed by atoms with Gasteiger partial charge in [0.1, 0.15) is 5.75 Å². The van der Waals surface area contributed by atoms with Crippen LogP contribution in [0.1, 0.15) is 23.2 Å². The van der Waals surface area contributed by atoms with Crippen LogP contribution in [0.25, 0.3) is 10.9 Å². The predicted octanol–water partition coefficient (Wildman–Crippen LogP) is 4.68. The van der Waals surface area contributed by atoms with E-state index in [4.69, 9.17) is 4.74 Å². The molecular formula is C19H15BrN2O2. The van der Waals surface area contributed by atoms with Crippen LogP contribution in [0.15, 0.2) is 59.1 Å². The monoisotopic (exact) mass is 382 g/mol. The molecule has 4 rings (SSSR count). The zero-order valence-electron chi connectivity index (χ0n) is 12.8. The van der Waals surface area contributed by atoms with Crippen molar-refractivity contribution in [2.24, 2.45) is 0 Å². The van der Waals surface area contributed by atoms with Crippen molar-refractivity contribution < 1.29 is 9.53 Å². The van der Waals surface area contributed by atoms with E-state index >= 15 is 0 Å². The summed E-state index contributed by atoms with van der Waals surface area (Å²) in [4.78, 5) is 17.1. The summed E-state index contributed by atoms with van der Waals surface area (Å²) in [5, 5.41) is 3.86. The summed E-state index contributed by atoms with van der Waals surface area (Å²) < 4.78 is 6.82. The second kappa shape index (κ2) is 6.24. The maximum Gasteiger partial charge on any atom is 0.252 e. The second-order valence-corrected chi connectivity index (χ2v) is 6.74. The molecule has 0 saturated heterocycles. The first-order chi connectivity index (χ1) is 11.7. The molecule has 1 amide bonds. The third-order valence-electron chi connectivity index (χ3n) is 3.89. The molecule has 2 aromatic carbocycles. The number of hydrogen-bond acceptors (Lipinski definition) is 3. The molecule has 4 nitrogen and oxygen atoms in total. The first-order valence-electron chi connectivity index (χ1n) is 7.83. The highest BCUT2D eigenvalue weighted by atomic mass is 79.9. The predicted molar refractivity (Wildman–Crippen MR) is 96.4 cm³/mol. The number of rotatable bonds is 4. The lowest BCUT2D eigenvalue weighted by molar-refractivity contribution is 0.0952. The number of pyridine rings is 1. The molecule has 0 unspecified atom stereocenters. The minimum Gasteiger partial charge on any atom is -0.439 e. The highest BCUT2D eigenvalue weighted by molar-refractivity contribution is 9.10. The van der Waals surface area contributed by atoms with Crippen LogP contribution in [-0.4, -0.2) is 16.9 Å². The van der Waals surface area contributed by atoms with Gasteiger partial charge in [-0.15, -0.1) is 0 Å². The van der Waals surface area contributed by atoms with E-state index in [0.717, 1.165) is 28.2 Å². The maximum atomic E-state index is 12.6. The largest absolute Gasteiger partial charge is 0.439 e. The fraction of sp³-hybridized carbons (Fsp3) is 0.158. The van der Waals surface area contributed by atoms with Crippen molar-refractivity contribution in [1.82, 2.24) is 10.3 Å². The molecule has 0 radical (unpaired) electrons. The van der Waals surface area contributed by atoms with E-state index in [-0.39, 0.29) is 5.91 Å². The summed E-state index contributed by atoms with van der Waals surface area (Å²) in [5.74, 6) is 1.02. The lowest BCUT2D eigenvalue weighted by atomic mass is 10.1. The van der Waals surface area contributed by atoms with Crippen molar-refractivity contribution in [1.29, 1.82) is 0 Å². The Labute approximate surface area is 148 Å². The van der Waals surface area contributed by atoms with Crippen LogP contribution in [0.3, 0.4) is 0 Å². The standard InChI is InChI=1S/C19H15BrN2O2/c20-12-5-9-14(10-6-12)24-18-11-16(19(23)21-13-7-8-13)15-3-1-2-4-17(15)22-18/h1-6,9-11,13H,7-8H2,(H,21,23). The van der Waals surface area contributed by atoms with Crippen molar-refractivity contribution in [2.75, 3.05) is 0 Å². The number of hydrogen-bond donors (Lipinski definition) is 1. The highest BCUT2D eigenvalue weighted by Gasteiger charge is 2.25. The molecule has 3 aromatic rings. The molecule has 120 valence electrons. The number of amides is 1. The number of carbonyl (C=O) groups excluding carboxylic acids is 1. The van der Waals surface area contributed by atoms with Crippen LogP contribution in [0, 0.1) is 0 Å². The quantitative estimate of drug-likeness (QED) is 0.712. The van der Waals surface area contributed by atoms with Gasteiger partial charge in [0.15, 0.2) is 0 Å². The van der Waals surface area contributed by atoms with Crippen LogP contribution in [-0.2, 0) is 0 Å². The summed E-state index contributed by atoms with van der Waals surface area (Å²) in [6.45, 7) is 0. The number of halogens is 1. The van der Waals surface area contributed by atoms with Crippen LogP contribution >= 0.6 is 15.9 Å². The van der Waals surface area contributed by atoms with Gasteiger partial charge in [0.05, 0.1) is 11.1 Å². The zero-order valence-corrected chi connectivity index (χ0v) is 14.4.